The Morgan fingerprint density at radius 1 is 0.562 bits per heavy atom. The fourth-order valence-corrected chi connectivity index (χ4v) is 32.0. The zero-order chi connectivity index (χ0) is 32.0. The number of rotatable bonds is 10. The van der Waals surface area contributed by atoms with Gasteiger partial charge in [-0.3, -0.25) is 0 Å². The Morgan fingerprint density at radius 3 is 1.27 bits per heavy atom. The van der Waals surface area contributed by atoms with Crippen molar-refractivity contribution in [1.29, 1.82) is 0 Å². The van der Waals surface area contributed by atoms with Gasteiger partial charge < -0.3 is 0 Å². The first-order valence-corrected chi connectivity index (χ1v) is 27.5. The molecule has 2 unspecified atom stereocenters. The molecule has 0 bridgehead atoms. The fourth-order valence-electron chi connectivity index (χ4n) is 9.22. The van der Waals surface area contributed by atoms with Gasteiger partial charge in [-0.2, -0.15) is 0 Å². The maximum atomic E-state index is 2.68. The molecule has 1 heterocycles. The van der Waals surface area contributed by atoms with Gasteiger partial charge in [0, 0.05) is 0 Å². The summed E-state index contributed by atoms with van der Waals surface area (Å²) in [6.07, 6.45) is 11.7. The molecule has 3 aliphatic rings. The maximum Gasteiger partial charge on any atom is -0.147 e. The third-order valence-electron chi connectivity index (χ3n) is 11.6. The molecule has 2 aliphatic carbocycles. The molecule has 0 aromatic heterocycles. The van der Waals surface area contributed by atoms with Gasteiger partial charge in [0.15, 0.2) is 0 Å². The molecule has 4 aromatic carbocycles. The SMILES string of the molecule is CCCC1=Cc2c(-c3ccc(C(C)C)cc3)cccc2[CH]1[Hf]1([CH]2C(CCC)=Cc3c(-c4ccc(C(C)C)cc4)cccc32)[CH2]C[CH2]1.Cl.Cl. The van der Waals surface area contributed by atoms with Gasteiger partial charge in [-0.05, 0) is 0 Å². The van der Waals surface area contributed by atoms with E-state index in [-0.39, 0.29) is 24.8 Å². The minimum atomic E-state index is -3.04. The quantitative estimate of drug-likeness (QED) is 0.140. The van der Waals surface area contributed by atoms with E-state index in [9.17, 15) is 0 Å². The van der Waals surface area contributed by atoms with Gasteiger partial charge in [-0.1, -0.05) is 0 Å². The summed E-state index contributed by atoms with van der Waals surface area (Å²) in [4.78, 5) is 0. The predicted octanol–water partition coefficient (Wildman–Crippen LogP) is 14.7. The van der Waals surface area contributed by atoms with E-state index < -0.39 is 20.0 Å². The molecule has 48 heavy (non-hydrogen) atoms. The molecule has 7 rings (SSSR count). The van der Waals surface area contributed by atoms with E-state index in [1.807, 2.05) is 0 Å². The van der Waals surface area contributed by atoms with E-state index in [4.69, 9.17) is 0 Å². The van der Waals surface area contributed by atoms with Crippen molar-refractivity contribution in [3.63, 3.8) is 0 Å². The molecule has 0 nitrogen and oxygen atoms in total. The number of hydrogen-bond donors (Lipinski definition) is 0. The molecule has 1 aliphatic heterocycles. The van der Waals surface area contributed by atoms with Crippen LogP contribution in [0.4, 0.5) is 0 Å². The second-order valence-electron chi connectivity index (χ2n) is 15.1. The van der Waals surface area contributed by atoms with Crippen molar-refractivity contribution in [2.24, 2.45) is 0 Å². The summed E-state index contributed by atoms with van der Waals surface area (Å²) in [5.41, 5.74) is 18.5. The molecule has 0 radical (unpaired) electrons. The average Bonchev–Trinajstić information content (AvgIpc) is 3.60. The Morgan fingerprint density at radius 2 is 0.958 bits per heavy atom. The minimum absolute atomic E-state index is 0. The smallest absolute Gasteiger partial charge is 0.147 e. The van der Waals surface area contributed by atoms with Crippen LogP contribution in [0.25, 0.3) is 34.4 Å². The number of allylic oxidation sites excluding steroid dienone is 2. The summed E-state index contributed by atoms with van der Waals surface area (Å²) in [5, 5.41) is 0. The molecule has 4 aromatic rings. The standard InChI is InChI=1S/2C21H23.C3H6.2ClH.Hf/c2*1-4-6-16-13-19-7-5-8-20(21(19)14-16)18-11-9-17(10-12-18)15(2)3;1-3-2;;;/h2*5,7-15H,4,6H2,1-3H3;1-3H2;2*1H;. The first kappa shape index (κ1) is 37.1. The molecule has 0 amide bonds. The van der Waals surface area contributed by atoms with Crippen LogP contribution in [0.3, 0.4) is 0 Å². The zero-order valence-corrected chi connectivity index (χ0v) is 35.0. The van der Waals surface area contributed by atoms with Crippen LogP contribution >= 0.6 is 24.8 Å². The van der Waals surface area contributed by atoms with Crippen molar-refractivity contribution in [2.75, 3.05) is 0 Å². The van der Waals surface area contributed by atoms with Crippen LogP contribution in [0.5, 0.6) is 0 Å². The number of hydrogen-bond acceptors (Lipinski definition) is 0. The van der Waals surface area contributed by atoms with Crippen molar-refractivity contribution < 1.29 is 20.0 Å². The second kappa shape index (κ2) is 15.4. The molecule has 3 heteroatoms. The Hall–Kier alpha value is -2.19. The first-order valence-electron chi connectivity index (χ1n) is 18.2. The topological polar surface area (TPSA) is 0 Å². The molecule has 1 fully saturated rings. The molecule has 0 saturated carbocycles. The Labute approximate surface area is 307 Å². The third kappa shape index (κ3) is 6.42. The number of fused-ring (bicyclic) bond motifs is 2. The summed E-state index contributed by atoms with van der Waals surface area (Å²) in [6, 6.07) is 33.5. The molecule has 2 atom stereocenters. The molecule has 0 N–H and O–H groups in total. The molecular weight excluding hydrogens is 790 g/mol. The van der Waals surface area contributed by atoms with Crippen molar-refractivity contribution in [3.05, 3.63) is 129 Å². The van der Waals surface area contributed by atoms with Crippen molar-refractivity contribution in [1.82, 2.24) is 0 Å². The van der Waals surface area contributed by atoms with Gasteiger partial charge in [0.25, 0.3) is 0 Å². The summed E-state index contributed by atoms with van der Waals surface area (Å²) < 4.78 is 4.47. The van der Waals surface area contributed by atoms with E-state index in [2.05, 4.69) is 139 Å². The molecular formula is C45H54Cl2Hf. The van der Waals surface area contributed by atoms with Gasteiger partial charge in [0.1, 0.15) is 0 Å². The third-order valence-corrected chi connectivity index (χ3v) is 34.0. The van der Waals surface area contributed by atoms with Gasteiger partial charge in [-0.25, -0.2) is 0 Å². The van der Waals surface area contributed by atoms with Gasteiger partial charge in [0.05, 0.1) is 0 Å². The summed E-state index contributed by atoms with van der Waals surface area (Å²) in [6.45, 7) is 13.9. The average molecular weight is 844 g/mol. The number of halogens is 2. The summed E-state index contributed by atoms with van der Waals surface area (Å²) in [5.74, 6) is 1.12. The van der Waals surface area contributed by atoms with Crippen LogP contribution in [0, 0.1) is 0 Å². The minimum Gasteiger partial charge on any atom is -0.147 e. The fraction of sp³-hybridized carbons (Fsp3) is 0.378. The number of benzene rings is 4. The van der Waals surface area contributed by atoms with Gasteiger partial charge >= 0.3 is 285 Å². The van der Waals surface area contributed by atoms with E-state index in [1.54, 1.807) is 22.3 Å². The Kier molecular flexibility index (Phi) is 11.9. The van der Waals surface area contributed by atoms with Crippen LogP contribution in [0.1, 0.15) is 126 Å². The van der Waals surface area contributed by atoms with Crippen LogP contribution in [-0.2, 0) is 20.0 Å². The Balaban J connectivity index is 0.00000225. The molecule has 0 spiro atoms. The summed E-state index contributed by atoms with van der Waals surface area (Å²) >= 11 is -3.04. The summed E-state index contributed by atoms with van der Waals surface area (Å²) in [7, 11) is 0. The van der Waals surface area contributed by atoms with Crippen LogP contribution < -0.4 is 0 Å². The van der Waals surface area contributed by atoms with Gasteiger partial charge in [0.2, 0.25) is 0 Å². The largest absolute Gasteiger partial charge is 0.147 e. The van der Waals surface area contributed by atoms with Crippen LogP contribution in [0.2, 0.25) is 8.35 Å². The van der Waals surface area contributed by atoms with E-state index in [0.29, 0.717) is 19.2 Å². The maximum absolute atomic E-state index is 3.04. The van der Waals surface area contributed by atoms with Crippen molar-refractivity contribution in [3.8, 4) is 22.3 Å². The van der Waals surface area contributed by atoms with Crippen molar-refractivity contribution >= 4 is 37.0 Å². The van der Waals surface area contributed by atoms with E-state index >= 15 is 0 Å². The van der Waals surface area contributed by atoms with Crippen LogP contribution in [-0.4, -0.2) is 0 Å². The van der Waals surface area contributed by atoms with E-state index in [0.717, 1.165) is 0 Å². The van der Waals surface area contributed by atoms with E-state index in [1.165, 1.54) is 85.0 Å². The monoisotopic (exact) mass is 844 g/mol. The first-order chi connectivity index (χ1) is 22.4. The van der Waals surface area contributed by atoms with Crippen LogP contribution in [0.15, 0.2) is 96.1 Å². The Bertz CT molecular complexity index is 1660. The second-order valence-corrected chi connectivity index (χ2v) is 31.7. The normalized spacial score (nSPS) is 18.8. The van der Waals surface area contributed by atoms with Crippen molar-refractivity contribution in [2.45, 2.75) is 101 Å². The van der Waals surface area contributed by atoms with Gasteiger partial charge in [-0.15, -0.1) is 24.8 Å². The zero-order valence-electron chi connectivity index (χ0n) is 29.8. The molecule has 252 valence electrons. The molecule has 1 saturated heterocycles. The predicted molar refractivity (Wildman–Crippen MR) is 212 cm³/mol.